The number of nitrogens with one attached hydrogen (secondary N) is 1. The second-order valence-electron chi connectivity index (χ2n) is 9.12. The van der Waals surface area contributed by atoms with E-state index in [4.69, 9.17) is 4.99 Å². The van der Waals surface area contributed by atoms with E-state index in [1.165, 1.54) is 12.8 Å². The number of nitrogens with zero attached hydrogens (tertiary/aromatic N) is 6. The molecule has 1 aromatic rings. The van der Waals surface area contributed by atoms with Crippen molar-refractivity contribution in [2.24, 2.45) is 4.99 Å². The smallest absolute Gasteiger partial charge is 0.239 e. The zero-order valence-corrected chi connectivity index (χ0v) is 19.8. The van der Waals surface area contributed by atoms with Crippen LogP contribution in [0.15, 0.2) is 23.3 Å². The van der Waals surface area contributed by atoms with Crippen LogP contribution in [0.5, 0.6) is 0 Å². The summed E-state index contributed by atoms with van der Waals surface area (Å²) >= 11 is 0. The highest BCUT2D eigenvalue weighted by Gasteiger charge is 2.30. The lowest BCUT2D eigenvalue weighted by Gasteiger charge is -2.39. The lowest BCUT2D eigenvalue weighted by atomic mass is 10.2. The van der Waals surface area contributed by atoms with Gasteiger partial charge in [-0.05, 0) is 51.2 Å². The third-order valence-electron chi connectivity index (χ3n) is 6.92. The number of hydrogen-bond donors (Lipinski definition) is 1. The van der Waals surface area contributed by atoms with Gasteiger partial charge in [-0.3, -0.25) is 9.69 Å². The Bertz CT molecular complexity index is 761. The second kappa shape index (κ2) is 11.0. The molecule has 1 amide bonds. The largest absolute Gasteiger partial charge is 0.357 e. The SMILES string of the molecule is CCNC(=NCc1ccc(N2CCCC2)nc1)N1CCN(C(C)C(=O)N2CCCC2)CC1. The zero-order chi connectivity index (χ0) is 22.3. The summed E-state index contributed by atoms with van der Waals surface area (Å²) in [6.45, 7) is 13.3. The Morgan fingerprint density at radius 1 is 1.00 bits per heavy atom. The lowest BCUT2D eigenvalue weighted by Crippen LogP contribution is -2.57. The molecule has 8 heteroatoms. The van der Waals surface area contributed by atoms with Gasteiger partial charge < -0.3 is 20.0 Å². The fourth-order valence-electron chi connectivity index (χ4n) is 4.91. The number of aromatic nitrogens is 1. The summed E-state index contributed by atoms with van der Waals surface area (Å²) < 4.78 is 0. The van der Waals surface area contributed by atoms with Crippen LogP contribution in [0.4, 0.5) is 5.82 Å². The van der Waals surface area contributed by atoms with E-state index in [2.05, 4.69) is 51.0 Å². The van der Waals surface area contributed by atoms with Crippen molar-refractivity contribution in [1.82, 2.24) is 25.0 Å². The molecule has 4 rings (SSSR count). The molecule has 1 atom stereocenters. The standard InChI is InChI=1S/C24H39N7O/c1-3-25-24(27-19-21-8-9-22(26-18-21)29-10-4-5-11-29)31-16-14-28(15-17-31)20(2)23(32)30-12-6-7-13-30/h8-9,18,20H,3-7,10-17,19H2,1-2H3,(H,25,27). The second-order valence-corrected chi connectivity index (χ2v) is 9.12. The number of pyridine rings is 1. The van der Waals surface area contributed by atoms with Gasteiger partial charge >= 0.3 is 0 Å². The predicted octanol–water partition coefficient (Wildman–Crippen LogP) is 1.78. The molecule has 3 aliphatic rings. The molecule has 8 nitrogen and oxygen atoms in total. The number of amides is 1. The van der Waals surface area contributed by atoms with E-state index in [-0.39, 0.29) is 6.04 Å². The van der Waals surface area contributed by atoms with Gasteiger partial charge in [-0.1, -0.05) is 6.07 Å². The van der Waals surface area contributed by atoms with Crippen LogP contribution in [0, 0.1) is 0 Å². The molecule has 4 heterocycles. The summed E-state index contributed by atoms with van der Waals surface area (Å²) in [7, 11) is 0. The summed E-state index contributed by atoms with van der Waals surface area (Å²) in [5.41, 5.74) is 1.13. The van der Waals surface area contributed by atoms with Crippen LogP contribution in [0.3, 0.4) is 0 Å². The maximum Gasteiger partial charge on any atom is 0.239 e. The number of anilines is 1. The van der Waals surface area contributed by atoms with E-state index in [0.29, 0.717) is 12.5 Å². The van der Waals surface area contributed by atoms with E-state index in [1.807, 2.05) is 11.1 Å². The number of carbonyl (C=O) groups is 1. The average Bonchev–Trinajstić information content (AvgIpc) is 3.56. The minimum absolute atomic E-state index is 0.0324. The summed E-state index contributed by atoms with van der Waals surface area (Å²) in [5.74, 6) is 2.33. The highest BCUT2D eigenvalue weighted by molar-refractivity contribution is 5.82. The van der Waals surface area contributed by atoms with Crippen LogP contribution in [0.1, 0.15) is 45.1 Å². The van der Waals surface area contributed by atoms with E-state index >= 15 is 0 Å². The molecule has 0 aliphatic carbocycles. The summed E-state index contributed by atoms with van der Waals surface area (Å²) in [5, 5.41) is 3.44. The molecule has 32 heavy (non-hydrogen) atoms. The topological polar surface area (TPSA) is 67.3 Å². The molecule has 1 N–H and O–H groups in total. The van der Waals surface area contributed by atoms with Crippen molar-refractivity contribution in [2.75, 3.05) is 63.8 Å². The van der Waals surface area contributed by atoms with E-state index < -0.39 is 0 Å². The first kappa shape index (κ1) is 22.8. The third kappa shape index (κ3) is 5.52. The monoisotopic (exact) mass is 441 g/mol. The number of hydrogen-bond acceptors (Lipinski definition) is 5. The maximum absolute atomic E-state index is 12.8. The Balaban J connectivity index is 1.30. The molecule has 1 unspecified atom stereocenters. The predicted molar refractivity (Wildman–Crippen MR) is 129 cm³/mol. The summed E-state index contributed by atoms with van der Waals surface area (Å²) in [6.07, 6.45) is 6.78. The number of carbonyl (C=O) groups excluding carboxylic acids is 1. The van der Waals surface area contributed by atoms with Gasteiger partial charge in [0.15, 0.2) is 5.96 Å². The van der Waals surface area contributed by atoms with Gasteiger partial charge in [0.2, 0.25) is 5.91 Å². The van der Waals surface area contributed by atoms with Crippen LogP contribution in [0.2, 0.25) is 0 Å². The van der Waals surface area contributed by atoms with Gasteiger partial charge in [-0.25, -0.2) is 9.98 Å². The molecule has 0 saturated carbocycles. The van der Waals surface area contributed by atoms with Crippen LogP contribution in [0.25, 0.3) is 0 Å². The number of likely N-dealkylation sites (tertiary alicyclic amines) is 1. The zero-order valence-electron chi connectivity index (χ0n) is 19.8. The molecule has 176 valence electrons. The molecule has 0 aromatic carbocycles. The Morgan fingerprint density at radius 2 is 1.69 bits per heavy atom. The molecule has 0 bridgehead atoms. The van der Waals surface area contributed by atoms with Crippen LogP contribution in [-0.4, -0.2) is 96.5 Å². The quantitative estimate of drug-likeness (QED) is 0.536. The summed E-state index contributed by atoms with van der Waals surface area (Å²) in [6, 6.07) is 4.24. The maximum atomic E-state index is 12.8. The lowest BCUT2D eigenvalue weighted by molar-refractivity contribution is -0.135. The minimum Gasteiger partial charge on any atom is -0.357 e. The first-order valence-electron chi connectivity index (χ1n) is 12.4. The van der Waals surface area contributed by atoms with Crippen molar-refractivity contribution in [2.45, 2.75) is 52.1 Å². The Morgan fingerprint density at radius 3 is 2.31 bits per heavy atom. The number of guanidine groups is 1. The van der Waals surface area contributed by atoms with Crippen molar-refractivity contribution < 1.29 is 4.79 Å². The molecule has 3 fully saturated rings. The van der Waals surface area contributed by atoms with Crippen molar-refractivity contribution >= 4 is 17.7 Å². The fourth-order valence-corrected chi connectivity index (χ4v) is 4.91. The third-order valence-corrected chi connectivity index (χ3v) is 6.92. The van der Waals surface area contributed by atoms with E-state index in [1.54, 1.807) is 0 Å². The first-order valence-corrected chi connectivity index (χ1v) is 12.4. The van der Waals surface area contributed by atoms with Crippen LogP contribution >= 0.6 is 0 Å². The minimum atomic E-state index is -0.0324. The van der Waals surface area contributed by atoms with E-state index in [0.717, 1.165) is 89.1 Å². The van der Waals surface area contributed by atoms with Gasteiger partial charge in [0.05, 0.1) is 12.6 Å². The van der Waals surface area contributed by atoms with Crippen LogP contribution in [-0.2, 0) is 11.3 Å². The highest BCUT2D eigenvalue weighted by Crippen LogP contribution is 2.18. The van der Waals surface area contributed by atoms with Crippen LogP contribution < -0.4 is 10.2 Å². The molecular weight excluding hydrogens is 402 g/mol. The molecular formula is C24H39N7O. The van der Waals surface area contributed by atoms with E-state index in [9.17, 15) is 4.79 Å². The Kier molecular flexibility index (Phi) is 7.84. The van der Waals surface area contributed by atoms with Crippen molar-refractivity contribution in [3.8, 4) is 0 Å². The van der Waals surface area contributed by atoms with Gasteiger partial charge in [0.25, 0.3) is 0 Å². The number of aliphatic imine (C=N–C) groups is 1. The molecule has 0 radical (unpaired) electrons. The fraction of sp³-hybridized carbons (Fsp3) is 0.708. The number of piperazine rings is 1. The molecule has 3 aliphatic heterocycles. The molecule has 0 spiro atoms. The number of rotatable bonds is 6. The van der Waals surface area contributed by atoms with Crippen molar-refractivity contribution in [3.63, 3.8) is 0 Å². The molecule has 1 aromatic heterocycles. The van der Waals surface area contributed by atoms with Crippen molar-refractivity contribution in [3.05, 3.63) is 23.9 Å². The molecule has 3 saturated heterocycles. The van der Waals surface area contributed by atoms with Gasteiger partial charge in [0.1, 0.15) is 5.82 Å². The Labute approximate surface area is 192 Å². The normalized spacial score (nSPS) is 21.3. The van der Waals surface area contributed by atoms with Gasteiger partial charge in [-0.15, -0.1) is 0 Å². The average molecular weight is 442 g/mol. The van der Waals surface area contributed by atoms with Crippen molar-refractivity contribution in [1.29, 1.82) is 0 Å². The Hall–Kier alpha value is -2.35. The van der Waals surface area contributed by atoms with Gasteiger partial charge in [0, 0.05) is 65.1 Å². The summed E-state index contributed by atoms with van der Waals surface area (Å²) in [4.78, 5) is 31.3. The highest BCUT2D eigenvalue weighted by atomic mass is 16.2. The first-order chi connectivity index (χ1) is 15.7. The van der Waals surface area contributed by atoms with Gasteiger partial charge in [-0.2, -0.15) is 0 Å².